The Morgan fingerprint density at radius 1 is 1.47 bits per heavy atom. The summed E-state index contributed by atoms with van der Waals surface area (Å²) in [5, 5.41) is 20.4. The SMILES string of the molecule is CC(C(=O)O)n1nnnc1-c1ccccc1Cl. The van der Waals surface area contributed by atoms with Crippen molar-refractivity contribution in [1.82, 2.24) is 20.2 Å². The highest BCUT2D eigenvalue weighted by atomic mass is 35.5. The molecule has 1 heterocycles. The quantitative estimate of drug-likeness (QED) is 0.898. The number of halogens is 1. The van der Waals surface area contributed by atoms with Gasteiger partial charge in [0.05, 0.1) is 5.02 Å². The van der Waals surface area contributed by atoms with Gasteiger partial charge >= 0.3 is 5.97 Å². The van der Waals surface area contributed by atoms with Gasteiger partial charge < -0.3 is 5.11 Å². The van der Waals surface area contributed by atoms with Crippen LogP contribution in [0.1, 0.15) is 13.0 Å². The van der Waals surface area contributed by atoms with E-state index in [-0.39, 0.29) is 0 Å². The lowest BCUT2D eigenvalue weighted by atomic mass is 10.2. The molecule has 0 amide bonds. The number of rotatable bonds is 3. The lowest BCUT2D eigenvalue weighted by Crippen LogP contribution is -2.18. The first-order valence-electron chi connectivity index (χ1n) is 4.87. The van der Waals surface area contributed by atoms with E-state index in [0.29, 0.717) is 16.4 Å². The second kappa shape index (κ2) is 4.50. The van der Waals surface area contributed by atoms with E-state index in [1.165, 1.54) is 11.6 Å². The summed E-state index contributed by atoms with van der Waals surface area (Å²) in [4.78, 5) is 10.9. The maximum Gasteiger partial charge on any atom is 0.328 e. The molecule has 0 radical (unpaired) electrons. The zero-order valence-corrected chi connectivity index (χ0v) is 9.66. The summed E-state index contributed by atoms with van der Waals surface area (Å²) in [7, 11) is 0. The van der Waals surface area contributed by atoms with Gasteiger partial charge in [-0.2, -0.15) is 0 Å². The standard InChI is InChI=1S/C10H9ClN4O2/c1-6(10(16)17)15-9(12-13-14-15)7-4-2-3-5-8(7)11/h2-6H,1H3,(H,16,17). The van der Waals surface area contributed by atoms with Crippen LogP contribution >= 0.6 is 11.6 Å². The third-order valence-electron chi connectivity index (χ3n) is 2.33. The molecule has 17 heavy (non-hydrogen) atoms. The van der Waals surface area contributed by atoms with Gasteiger partial charge in [-0.15, -0.1) is 5.10 Å². The third kappa shape index (κ3) is 2.12. The third-order valence-corrected chi connectivity index (χ3v) is 2.66. The summed E-state index contributed by atoms with van der Waals surface area (Å²) in [5.41, 5.74) is 0.604. The van der Waals surface area contributed by atoms with E-state index in [9.17, 15) is 4.79 Å². The Hall–Kier alpha value is -1.95. The molecule has 0 fully saturated rings. The van der Waals surface area contributed by atoms with Crippen molar-refractivity contribution in [2.75, 3.05) is 0 Å². The molecule has 1 atom stereocenters. The molecule has 0 bridgehead atoms. The van der Waals surface area contributed by atoms with Gasteiger partial charge in [-0.05, 0) is 29.5 Å². The Morgan fingerprint density at radius 3 is 2.82 bits per heavy atom. The smallest absolute Gasteiger partial charge is 0.328 e. The van der Waals surface area contributed by atoms with Crippen LogP contribution in [0, 0.1) is 0 Å². The highest BCUT2D eigenvalue weighted by Gasteiger charge is 2.21. The van der Waals surface area contributed by atoms with Gasteiger partial charge in [-0.3, -0.25) is 0 Å². The van der Waals surface area contributed by atoms with Crippen LogP contribution in [0.5, 0.6) is 0 Å². The Bertz CT molecular complexity index is 555. The molecule has 2 rings (SSSR count). The second-order valence-corrected chi connectivity index (χ2v) is 3.85. The van der Waals surface area contributed by atoms with Gasteiger partial charge in [-0.1, -0.05) is 23.7 Å². The van der Waals surface area contributed by atoms with Gasteiger partial charge in [0.25, 0.3) is 0 Å². The summed E-state index contributed by atoms with van der Waals surface area (Å²) in [6.07, 6.45) is 0. The molecule has 88 valence electrons. The van der Waals surface area contributed by atoms with E-state index in [4.69, 9.17) is 16.7 Å². The van der Waals surface area contributed by atoms with E-state index in [1.54, 1.807) is 24.3 Å². The van der Waals surface area contributed by atoms with Gasteiger partial charge in [0.2, 0.25) is 0 Å². The van der Waals surface area contributed by atoms with Crippen molar-refractivity contribution in [1.29, 1.82) is 0 Å². The van der Waals surface area contributed by atoms with Crippen LogP contribution in [0.25, 0.3) is 11.4 Å². The fourth-order valence-electron chi connectivity index (χ4n) is 1.38. The van der Waals surface area contributed by atoms with Gasteiger partial charge in [0.15, 0.2) is 11.9 Å². The number of carboxylic acid groups (broad SMARTS) is 1. The molecular weight excluding hydrogens is 244 g/mol. The number of carboxylic acids is 1. The number of hydrogen-bond acceptors (Lipinski definition) is 4. The van der Waals surface area contributed by atoms with E-state index >= 15 is 0 Å². The van der Waals surface area contributed by atoms with Crippen LogP contribution in [-0.4, -0.2) is 31.3 Å². The summed E-state index contributed by atoms with van der Waals surface area (Å²) >= 11 is 6.02. The molecule has 1 aromatic heterocycles. The highest BCUT2D eigenvalue weighted by molar-refractivity contribution is 6.33. The van der Waals surface area contributed by atoms with Gasteiger partial charge in [0, 0.05) is 5.56 Å². The number of carbonyl (C=O) groups is 1. The fraction of sp³-hybridized carbons (Fsp3) is 0.200. The number of nitrogens with zero attached hydrogens (tertiary/aromatic N) is 4. The topological polar surface area (TPSA) is 80.9 Å². The lowest BCUT2D eigenvalue weighted by Gasteiger charge is -2.09. The van der Waals surface area contributed by atoms with Crippen molar-refractivity contribution < 1.29 is 9.90 Å². The predicted octanol–water partition coefficient (Wildman–Crippen LogP) is 1.64. The first kappa shape index (κ1) is 11.5. The maximum absolute atomic E-state index is 10.9. The monoisotopic (exact) mass is 252 g/mol. The van der Waals surface area contributed by atoms with E-state index < -0.39 is 12.0 Å². The molecule has 1 aromatic carbocycles. The van der Waals surface area contributed by atoms with Crippen molar-refractivity contribution in [3.63, 3.8) is 0 Å². The summed E-state index contributed by atoms with van der Waals surface area (Å²) in [6, 6.07) is 6.14. The van der Waals surface area contributed by atoms with Crippen molar-refractivity contribution in [3.8, 4) is 11.4 Å². The normalized spacial score (nSPS) is 12.4. The minimum atomic E-state index is -1.01. The minimum absolute atomic E-state index is 0.338. The summed E-state index contributed by atoms with van der Waals surface area (Å²) in [6.45, 7) is 1.50. The second-order valence-electron chi connectivity index (χ2n) is 3.44. The van der Waals surface area contributed by atoms with Crippen LogP contribution in [0.15, 0.2) is 24.3 Å². The largest absolute Gasteiger partial charge is 0.480 e. The molecule has 7 heteroatoms. The van der Waals surface area contributed by atoms with Crippen LogP contribution in [-0.2, 0) is 4.79 Å². The molecule has 0 aliphatic heterocycles. The number of hydrogen-bond donors (Lipinski definition) is 1. The molecule has 0 saturated carbocycles. The summed E-state index contributed by atoms with van der Waals surface area (Å²) < 4.78 is 1.23. The van der Waals surface area contributed by atoms with E-state index in [2.05, 4.69) is 15.5 Å². The zero-order valence-electron chi connectivity index (χ0n) is 8.91. The van der Waals surface area contributed by atoms with Crippen LogP contribution in [0.3, 0.4) is 0 Å². The Labute approximate surface area is 102 Å². The molecule has 1 N–H and O–H groups in total. The first-order chi connectivity index (χ1) is 8.11. The molecule has 1 unspecified atom stereocenters. The summed E-state index contributed by atoms with van der Waals surface area (Å²) in [5.74, 6) is -0.670. The Kier molecular flexibility index (Phi) is 3.06. The minimum Gasteiger partial charge on any atom is -0.480 e. The average molecular weight is 253 g/mol. The number of aliphatic carboxylic acids is 1. The molecule has 0 spiro atoms. The van der Waals surface area contributed by atoms with Crippen molar-refractivity contribution >= 4 is 17.6 Å². The van der Waals surface area contributed by atoms with Gasteiger partial charge in [-0.25, -0.2) is 9.48 Å². The molecule has 0 saturated heterocycles. The van der Waals surface area contributed by atoms with Crippen molar-refractivity contribution in [2.45, 2.75) is 13.0 Å². The first-order valence-corrected chi connectivity index (χ1v) is 5.24. The number of tetrazole rings is 1. The lowest BCUT2D eigenvalue weighted by molar-refractivity contribution is -0.140. The van der Waals surface area contributed by atoms with Crippen molar-refractivity contribution in [2.24, 2.45) is 0 Å². The predicted molar refractivity (Wildman–Crippen MR) is 60.6 cm³/mol. The van der Waals surface area contributed by atoms with Gasteiger partial charge in [0.1, 0.15) is 0 Å². The van der Waals surface area contributed by atoms with Crippen LogP contribution in [0.4, 0.5) is 0 Å². The maximum atomic E-state index is 10.9. The van der Waals surface area contributed by atoms with Crippen LogP contribution in [0.2, 0.25) is 5.02 Å². The Morgan fingerprint density at radius 2 is 2.18 bits per heavy atom. The molecule has 0 aliphatic carbocycles. The fourth-order valence-corrected chi connectivity index (χ4v) is 1.60. The van der Waals surface area contributed by atoms with E-state index in [0.717, 1.165) is 0 Å². The van der Waals surface area contributed by atoms with E-state index in [1.807, 2.05) is 0 Å². The highest BCUT2D eigenvalue weighted by Crippen LogP contribution is 2.26. The zero-order chi connectivity index (χ0) is 12.4. The average Bonchev–Trinajstić information content (AvgIpc) is 2.77. The molecular formula is C10H9ClN4O2. The number of aromatic nitrogens is 4. The van der Waals surface area contributed by atoms with Crippen LogP contribution < -0.4 is 0 Å². The molecule has 2 aromatic rings. The number of benzene rings is 1. The van der Waals surface area contributed by atoms with Crippen molar-refractivity contribution in [3.05, 3.63) is 29.3 Å². The molecule has 0 aliphatic rings. The molecule has 6 nitrogen and oxygen atoms in total. The Balaban J connectivity index is 2.51.